The molecule has 0 saturated heterocycles. The van der Waals surface area contributed by atoms with Gasteiger partial charge in [0.2, 0.25) is 0 Å². The van der Waals surface area contributed by atoms with Crippen LogP contribution in [0.5, 0.6) is 0 Å². The van der Waals surface area contributed by atoms with Crippen molar-refractivity contribution in [2.75, 3.05) is 0 Å². The van der Waals surface area contributed by atoms with Crippen molar-refractivity contribution < 1.29 is 33.7 Å². The van der Waals surface area contributed by atoms with Crippen LogP contribution in [-0.2, 0) is 27.3 Å². The third kappa shape index (κ3) is 6.03. The van der Waals surface area contributed by atoms with Gasteiger partial charge in [-0.3, -0.25) is 0 Å². The summed E-state index contributed by atoms with van der Waals surface area (Å²) in [7, 11) is -1.98. The molecule has 0 aromatic heterocycles. The van der Waals surface area contributed by atoms with E-state index < -0.39 is 35.9 Å². The second-order valence-electron chi connectivity index (χ2n) is 5.11. The Hall–Kier alpha value is 0.940. The number of hydrogen-bond donors (Lipinski definition) is 2. The third-order valence-electron chi connectivity index (χ3n) is 2.72. The maximum atomic E-state index is 9.93. The Balaban J connectivity index is 4.66. The zero-order valence-electron chi connectivity index (χ0n) is 11.3. The summed E-state index contributed by atoms with van der Waals surface area (Å²) in [6.07, 6.45) is 0. The standard InChI is InChI=1S/C6H15OSi.C4H9O.2H2O.Zr/c1-4-8(7,5-2)6-3;1-4(2,3)5;;;/h4-6H2,1-3H3;1-3H3;2*1H2;/q2*-1;;;+4/p-2. The topological polar surface area (TPSA) is 58.9 Å². The molecule has 0 atom stereocenters. The Bertz CT molecular complexity index is 203. The van der Waals surface area contributed by atoms with E-state index in [1.165, 1.54) is 0 Å². The van der Waals surface area contributed by atoms with Gasteiger partial charge in [0.25, 0.3) is 0 Å². The van der Waals surface area contributed by atoms with Gasteiger partial charge in [-0.2, -0.15) is 0 Å². The van der Waals surface area contributed by atoms with Crippen LogP contribution in [-0.4, -0.2) is 20.3 Å². The molecule has 0 aliphatic heterocycles. The molecule has 0 aliphatic rings. The van der Waals surface area contributed by atoms with Gasteiger partial charge in [-0.05, 0) is 0 Å². The molecule has 0 rings (SSSR count). The Morgan fingerprint density at radius 1 is 1.00 bits per heavy atom. The fraction of sp³-hybridized carbons (Fsp3) is 1.00. The van der Waals surface area contributed by atoms with E-state index in [0.29, 0.717) is 0 Å². The Morgan fingerprint density at radius 3 is 1.62 bits per heavy atom. The maximum absolute atomic E-state index is 9.93. The second kappa shape index (κ2) is 6.21. The van der Waals surface area contributed by atoms with Crippen molar-refractivity contribution in [2.24, 2.45) is 0 Å². The van der Waals surface area contributed by atoms with Crippen molar-refractivity contribution in [1.29, 1.82) is 0 Å². The Morgan fingerprint density at radius 2 is 1.38 bits per heavy atom. The Labute approximate surface area is 107 Å². The third-order valence-corrected chi connectivity index (χ3v) is 14.6. The van der Waals surface area contributed by atoms with Crippen LogP contribution in [0.1, 0.15) is 41.5 Å². The van der Waals surface area contributed by atoms with Crippen molar-refractivity contribution in [3.8, 4) is 0 Å². The average Bonchev–Trinajstić information content (AvgIpc) is 2.10. The fourth-order valence-corrected chi connectivity index (χ4v) is 13.8. The molecule has 2 N–H and O–H groups in total. The molecule has 98 valence electrons. The van der Waals surface area contributed by atoms with E-state index in [0.717, 1.165) is 18.1 Å². The first kappa shape index (κ1) is 16.9. The van der Waals surface area contributed by atoms with Gasteiger partial charge in [0.1, 0.15) is 0 Å². The zero-order valence-corrected chi connectivity index (χ0v) is 14.8. The SMILES string of the molecule is CC[Si](CC)(CC)[O][Zr]([OH])([OH])[O]C(C)(C)C. The molecule has 0 saturated carbocycles. The van der Waals surface area contributed by atoms with E-state index in [9.17, 15) is 6.37 Å². The summed E-state index contributed by atoms with van der Waals surface area (Å²) in [5.74, 6) is 0. The van der Waals surface area contributed by atoms with Crippen LogP contribution in [0.4, 0.5) is 0 Å². The van der Waals surface area contributed by atoms with Gasteiger partial charge >= 0.3 is 107 Å². The predicted octanol–water partition coefficient (Wildman–Crippen LogP) is 2.62. The minimum atomic E-state index is -4.75. The van der Waals surface area contributed by atoms with Crippen LogP contribution < -0.4 is 0 Å². The van der Waals surface area contributed by atoms with Crippen molar-refractivity contribution >= 4 is 8.32 Å². The fourth-order valence-electron chi connectivity index (χ4n) is 1.67. The van der Waals surface area contributed by atoms with Crippen LogP contribution in [0.15, 0.2) is 0 Å². The van der Waals surface area contributed by atoms with Crippen molar-refractivity contribution in [3.63, 3.8) is 0 Å². The van der Waals surface area contributed by atoms with E-state index in [1.54, 1.807) is 0 Å². The average molecular weight is 330 g/mol. The van der Waals surface area contributed by atoms with Crippen LogP contribution in [0, 0.1) is 0 Å². The molecule has 0 aromatic carbocycles. The summed E-state index contributed by atoms with van der Waals surface area (Å²) in [4.78, 5) is 0. The first-order chi connectivity index (χ1) is 7.10. The molecule has 0 unspecified atom stereocenters. The molecule has 0 radical (unpaired) electrons. The Kier molecular flexibility index (Phi) is 6.57. The molecule has 0 fully saturated rings. The van der Waals surface area contributed by atoms with E-state index in [2.05, 4.69) is 20.8 Å². The summed E-state index contributed by atoms with van der Waals surface area (Å²) < 4.78 is 30.9. The van der Waals surface area contributed by atoms with E-state index >= 15 is 0 Å². The van der Waals surface area contributed by atoms with E-state index in [-0.39, 0.29) is 0 Å². The molecule has 0 aromatic rings. The predicted molar refractivity (Wildman–Crippen MR) is 63.6 cm³/mol. The monoisotopic (exact) mass is 328 g/mol. The first-order valence-electron chi connectivity index (χ1n) is 5.95. The quantitative estimate of drug-likeness (QED) is 0.736. The molecule has 6 heteroatoms. The molecule has 0 aliphatic carbocycles. The van der Waals surface area contributed by atoms with Crippen molar-refractivity contribution in [2.45, 2.75) is 65.3 Å². The van der Waals surface area contributed by atoms with E-state index in [4.69, 9.17) is 5.32 Å². The van der Waals surface area contributed by atoms with Crippen LogP contribution >= 0.6 is 0 Å². The summed E-state index contributed by atoms with van der Waals surface area (Å²) in [5.41, 5.74) is -0.561. The van der Waals surface area contributed by atoms with Crippen molar-refractivity contribution in [1.82, 2.24) is 0 Å². The molecule has 0 bridgehead atoms. The van der Waals surface area contributed by atoms with Gasteiger partial charge in [0, 0.05) is 0 Å². The van der Waals surface area contributed by atoms with Gasteiger partial charge < -0.3 is 0 Å². The molecule has 0 amide bonds. The van der Waals surface area contributed by atoms with Crippen molar-refractivity contribution in [3.05, 3.63) is 0 Å². The van der Waals surface area contributed by atoms with E-state index in [1.807, 2.05) is 20.8 Å². The minimum absolute atomic E-state index is 0.561. The summed E-state index contributed by atoms with van der Waals surface area (Å²) in [6, 6.07) is 2.69. The molecular formula is C10H26O4SiZr. The number of rotatable bonds is 6. The van der Waals surface area contributed by atoms with Gasteiger partial charge in [-0.1, -0.05) is 0 Å². The molecular weight excluding hydrogens is 303 g/mol. The van der Waals surface area contributed by atoms with Crippen LogP contribution in [0.3, 0.4) is 0 Å². The van der Waals surface area contributed by atoms with Gasteiger partial charge in [-0.25, -0.2) is 0 Å². The summed E-state index contributed by atoms with van der Waals surface area (Å²) >= 11 is -4.75. The summed E-state index contributed by atoms with van der Waals surface area (Å²) in [6.45, 7) is 11.6. The first-order valence-corrected chi connectivity index (χ1v) is 12.7. The van der Waals surface area contributed by atoms with Gasteiger partial charge in [0.05, 0.1) is 0 Å². The zero-order chi connectivity index (χ0) is 13.0. The molecule has 16 heavy (non-hydrogen) atoms. The van der Waals surface area contributed by atoms with Gasteiger partial charge in [-0.15, -0.1) is 0 Å². The van der Waals surface area contributed by atoms with Crippen LogP contribution in [0.2, 0.25) is 18.1 Å². The van der Waals surface area contributed by atoms with Crippen LogP contribution in [0.25, 0.3) is 0 Å². The normalized spacial score (nSPS) is 14.2. The summed E-state index contributed by atoms with van der Waals surface area (Å²) in [5, 5.41) is 0. The van der Waals surface area contributed by atoms with Gasteiger partial charge in [0.15, 0.2) is 0 Å². The second-order valence-corrected chi connectivity index (χ2v) is 14.5. The molecule has 0 spiro atoms. The molecule has 4 nitrogen and oxygen atoms in total. The molecule has 0 heterocycles. The number of hydrogen-bond acceptors (Lipinski definition) is 4.